The van der Waals surface area contributed by atoms with Crippen LogP contribution < -0.4 is 9.47 Å². The first-order chi connectivity index (χ1) is 13.9. The van der Waals surface area contributed by atoms with Crippen LogP contribution in [0.3, 0.4) is 0 Å². The van der Waals surface area contributed by atoms with Gasteiger partial charge in [-0.25, -0.2) is 0 Å². The Morgan fingerprint density at radius 2 is 1.83 bits per heavy atom. The third kappa shape index (κ3) is 5.54. The number of imide groups is 1. The van der Waals surface area contributed by atoms with Crippen LogP contribution in [0.5, 0.6) is 11.5 Å². The van der Waals surface area contributed by atoms with Crippen LogP contribution in [-0.4, -0.2) is 28.8 Å². The highest BCUT2D eigenvalue weighted by Crippen LogP contribution is 2.35. The molecule has 0 saturated carbocycles. The van der Waals surface area contributed by atoms with Gasteiger partial charge < -0.3 is 9.47 Å². The first-order valence-electron chi connectivity index (χ1n) is 9.30. The van der Waals surface area contributed by atoms with Gasteiger partial charge in [-0.2, -0.15) is 0 Å². The standard InChI is InChI=1S/C22H22INO4S/c1-4-27-19-11-16(7-10-18(19)28-14(2)3)12-20-21(25)24(22(26)29-20)13-15-5-8-17(23)9-6-15/h5-12,14H,4,13H2,1-3H3/b20-12+. The van der Waals surface area contributed by atoms with Crippen LogP contribution in [0.2, 0.25) is 0 Å². The predicted molar refractivity (Wildman–Crippen MR) is 124 cm³/mol. The zero-order valence-corrected chi connectivity index (χ0v) is 19.5. The van der Waals surface area contributed by atoms with Crippen LogP contribution in [-0.2, 0) is 11.3 Å². The molecule has 152 valence electrons. The summed E-state index contributed by atoms with van der Waals surface area (Å²) in [4.78, 5) is 26.8. The summed E-state index contributed by atoms with van der Waals surface area (Å²) in [5.41, 5.74) is 1.70. The number of nitrogens with zero attached hydrogens (tertiary/aromatic N) is 1. The topological polar surface area (TPSA) is 55.8 Å². The summed E-state index contributed by atoms with van der Waals surface area (Å²) in [6.07, 6.45) is 1.75. The molecule has 0 N–H and O–H groups in total. The highest BCUT2D eigenvalue weighted by Gasteiger charge is 2.35. The SMILES string of the molecule is CCOc1cc(/C=C2/SC(=O)N(Cc3ccc(I)cc3)C2=O)ccc1OC(C)C. The summed E-state index contributed by atoms with van der Waals surface area (Å²) < 4.78 is 12.6. The lowest BCUT2D eigenvalue weighted by Crippen LogP contribution is -2.27. The van der Waals surface area contributed by atoms with Crippen LogP contribution in [0.25, 0.3) is 6.08 Å². The van der Waals surface area contributed by atoms with Gasteiger partial charge >= 0.3 is 0 Å². The van der Waals surface area contributed by atoms with E-state index in [1.807, 2.05) is 63.2 Å². The van der Waals surface area contributed by atoms with Gasteiger partial charge in [-0.1, -0.05) is 18.2 Å². The average Bonchev–Trinajstić information content (AvgIpc) is 2.93. The Morgan fingerprint density at radius 1 is 1.10 bits per heavy atom. The lowest BCUT2D eigenvalue weighted by Gasteiger charge is -2.15. The Hall–Kier alpha value is -2.00. The number of carbonyl (C=O) groups excluding carboxylic acids is 2. The van der Waals surface area contributed by atoms with Crippen LogP contribution in [0.4, 0.5) is 4.79 Å². The number of hydrogen-bond acceptors (Lipinski definition) is 5. The van der Waals surface area contributed by atoms with Crippen LogP contribution >= 0.6 is 34.4 Å². The number of halogens is 1. The molecule has 0 bridgehead atoms. The molecule has 0 spiro atoms. The normalized spacial score (nSPS) is 15.5. The molecule has 2 aromatic carbocycles. The highest BCUT2D eigenvalue weighted by molar-refractivity contribution is 14.1. The van der Waals surface area contributed by atoms with Crippen molar-refractivity contribution in [2.24, 2.45) is 0 Å². The van der Waals surface area contributed by atoms with Crippen molar-refractivity contribution in [1.29, 1.82) is 0 Å². The van der Waals surface area contributed by atoms with Gasteiger partial charge in [0.25, 0.3) is 11.1 Å². The molecule has 29 heavy (non-hydrogen) atoms. The van der Waals surface area contributed by atoms with Gasteiger partial charge in [-0.15, -0.1) is 0 Å². The van der Waals surface area contributed by atoms with Crippen molar-refractivity contribution in [2.75, 3.05) is 6.61 Å². The van der Waals surface area contributed by atoms with Crippen molar-refractivity contribution >= 4 is 51.6 Å². The molecule has 0 radical (unpaired) electrons. The van der Waals surface area contributed by atoms with Gasteiger partial charge in [0.05, 0.1) is 24.2 Å². The molecule has 3 rings (SSSR count). The van der Waals surface area contributed by atoms with Crippen molar-refractivity contribution in [1.82, 2.24) is 4.90 Å². The second kappa shape index (κ2) is 9.67. The van der Waals surface area contributed by atoms with E-state index in [1.165, 1.54) is 4.90 Å². The Kier molecular flexibility index (Phi) is 7.23. The zero-order chi connectivity index (χ0) is 21.0. The second-order valence-electron chi connectivity index (χ2n) is 6.70. The Bertz CT molecular complexity index is 940. The molecule has 7 heteroatoms. The minimum atomic E-state index is -0.279. The van der Waals surface area contributed by atoms with E-state index in [9.17, 15) is 9.59 Å². The van der Waals surface area contributed by atoms with E-state index in [-0.39, 0.29) is 23.8 Å². The van der Waals surface area contributed by atoms with E-state index < -0.39 is 0 Å². The zero-order valence-electron chi connectivity index (χ0n) is 16.5. The number of benzene rings is 2. The maximum atomic E-state index is 12.8. The van der Waals surface area contributed by atoms with Crippen molar-refractivity contribution in [3.63, 3.8) is 0 Å². The summed E-state index contributed by atoms with van der Waals surface area (Å²) in [6, 6.07) is 13.3. The van der Waals surface area contributed by atoms with E-state index in [4.69, 9.17) is 9.47 Å². The Morgan fingerprint density at radius 3 is 2.48 bits per heavy atom. The maximum absolute atomic E-state index is 12.8. The van der Waals surface area contributed by atoms with Gasteiger partial charge in [0.1, 0.15) is 0 Å². The van der Waals surface area contributed by atoms with E-state index in [2.05, 4.69) is 22.6 Å². The number of ether oxygens (including phenoxy) is 2. The monoisotopic (exact) mass is 523 g/mol. The molecule has 1 aliphatic rings. The molecule has 1 aliphatic heterocycles. The number of hydrogen-bond donors (Lipinski definition) is 0. The third-order valence-corrected chi connectivity index (χ3v) is 5.68. The molecule has 0 aliphatic carbocycles. The number of amides is 2. The lowest BCUT2D eigenvalue weighted by molar-refractivity contribution is -0.123. The molecule has 1 fully saturated rings. The smallest absolute Gasteiger partial charge is 0.293 e. The summed E-state index contributed by atoms with van der Waals surface area (Å²) in [7, 11) is 0. The minimum Gasteiger partial charge on any atom is -0.490 e. The predicted octanol–water partition coefficient (Wildman–Crippen LogP) is 5.71. The Labute approximate surface area is 188 Å². The molecule has 0 unspecified atom stereocenters. The van der Waals surface area contributed by atoms with Crippen LogP contribution in [0.15, 0.2) is 47.4 Å². The number of carbonyl (C=O) groups is 2. The molecule has 0 atom stereocenters. The maximum Gasteiger partial charge on any atom is 0.293 e. The molecule has 2 aromatic rings. The van der Waals surface area contributed by atoms with E-state index in [1.54, 1.807) is 6.08 Å². The van der Waals surface area contributed by atoms with Gasteiger partial charge in [-0.05, 0) is 96.6 Å². The van der Waals surface area contributed by atoms with E-state index in [0.717, 1.165) is 26.5 Å². The molecule has 2 amide bonds. The van der Waals surface area contributed by atoms with E-state index >= 15 is 0 Å². The molecule has 5 nitrogen and oxygen atoms in total. The Balaban J connectivity index is 1.81. The molecule has 1 saturated heterocycles. The van der Waals surface area contributed by atoms with E-state index in [0.29, 0.717) is 23.0 Å². The number of rotatable bonds is 7. The fraction of sp³-hybridized carbons (Fsp3) is 0.273. The van der Waals surface area contributed by atoms with Crippen LogP contribution in [0.1, 0.15) is 31.9 Å². The van der Waals surface area contributed by atoms with Gasteiger partial charge in [-0.3, -0.25) is 14.5 Å². The summed E-state index contributed by atoms with van der Waals surface area (Å²) in [5, 5.41) is -0.260. The number of thioether (sulfide) groups is 1. The molecular weight excluding hydrogens is 501 g/mol. The molecule has 0 aromatic heterocycles. The first-order valence-corrected chi connectivity index (χ1v) is 11.2. The third-order valence-electron chi connectivity index (χ3n) is 4.06. The fourth-order valence-electron chi connectivity index (χ4n) is 2.79. The quantitative estimate of drug-likeness (QED) is 0.344. The second-order valence-corrected chi connectivity index (χ2v) is 8.94. The lowest BCUT2D eigenvalue weighted by atomic mass is 10.1. The highest BCUT2D eigenvalue weighted by atomic mass is 127. The van der Waals surface area contributed by atoms with Crippen molar-refractivity contribution in [3.05, 3.63) is 62.1 Å². The fourth-order valence-corrected chi connectivity index (χ4v) is 3.99. The molecule has 1 heterocycles. The summed E-state index contributed by atoms with van der Waals surface area (Å²) >= 11 is 3.18. The van der Waals surface area contributed by atoms with Gasteiger partial charge in [0.15, 0.2) is 11.5 Å². The van der Waals surface area contributed by atoms with Gasteiger partial charge in [0.2, 0.25) is 0 Å². The minimum absolute atomic E-state index is 0.0258. The molecular formula is C22H22INO4S. The first kappa shape index (κ1) is 21.7. The van der Waals surface area contributed by atoms with Crippen LogP contribution in [0, 0.1) is 3.57 Å². The van der Waals surface area contributed by atoms with Gasteiger partial charge in [0, 0.05) is 3.57 Å². The largest absolute Gasteiger partial charge is 0.490 e. The van der Waals surface area contributed by atoms with Crippen molar-refractivity contribution < 1.29 is 19.1 Å². The van der Waals surface area contributed by atoms with Crippen molar-refractivity contribution in [3.8, 4) is 11.5 Å². The average molecular weight is 523 g/mol. The summed E-state index contributed by atoms with van der Waals surface area (Å²) in [6.45, 7) is 6.58. The summed E-state index contributed by atoms with van der Waals surface area (Å²) in [5.74, 6) is 0.998. The van der Waals surface area contributed by atoms with Crippen molar-refractivity contribution in [2.45, 2.75) is 33.4 Å².